The maximum Gasteiger partial charge on any atom is 0.308 e. The molecule has 1 aromatic carbocycles. The zero-order chi connectivity index (χ0) is 9.10. The van der Waals surface area contributed by atoms with Gasteiger partial charge in [0.05, 0.1) is 5.88 Å². The molecule has 0 fully saturated rings. The number of nitrogens with zero attached hydrogens (tertiary/aromatic N) is 2. The highest BCUT2D eigenvalue weighted by atomic mass is 32.2. The summed E-state index contributed by atoms with van der Waals surface area (Å²) in [4.78, 5) is 16.4. The standard InChI is InChI=1S/C9H8N2OS/c12-9-10-6-11(7-13-9)8-4-2-1-3-5-8/h1-6H,7H2. The van der Waals surface area contributed by atoms with Crippen molar-refractivity contribution in [2.45, 2.75) is 0 Å². The second-order valence-electron chi connectivity index (χ2n) is 2.59. The van der Waals surface area contributed by atoms with E-state index in [1.165, 1.54) is 11.8 Å². The van der Waals surface area contributed by atoms with Gasteiger partial charge in [-0.2, -0.15) is 4.99 Å². The van der Waals surface area contributed by atoms with Gasteiger partial charge in [0.2, 0.25) is 0 Å². The lowest BCUT2D eigenvalue weighted by molar-refractivity contribution is 0.267. The average Bonchev–Trinajstić information content (AvgIpc) is 2.20. The molecule has 0 spiro atoms. The molecular formula is C9H8N2OS. The summed E-state index contributed by atoms with van der Waals surface area (Å²) < 4.78 is 0. The molecule has 13 heavy (non-hydrogen) atoms. The van der Waals surface area contributed by atoms with E-state index in [-0.39, 0.29) is 5.24 Å². The van der Waals surface area contributed by atoms with Crippen LogP contribution in [0.1, 0.15) is 0 Å². The second-order valence-corrected chi connectivity index (χ2v) is 3.49. The molecular weight excluding hydrogens is 184 g/mol. The van der Waals surface area contributed by atoms with Crippen molar-refractivity contribution in [2.24, 2.45) is 4.99 Å². The van der Waals surface area contributed by atoms with Gasteiger partial charge in [-0.15, -0.1) is 0 Å². The van der Waals surface area contributed by atoms with Crippen molar-refractivity contribution in [2.75, 3.05) is 10.8 Å². The second kappa shape index (κ2) is 3.62. The maximum atomic E-state index is 10.8. The first-order valence-electron chi connectivity index (χ1n) is 3.89. The van der Waals surface area contributed by atoms with Crippen LogP contribution in [0.15, 0.2) is 35.3 Å². The summed E-state index contributed by atoms with van der Waals surface area (Å²) >= 11 is 1.21. The van der Waals surface area contributed by atoms with Crippen LogP contribution in [0.4, 0.5) is 10.5 Å². The first-order chi connectivity index (χ1) is 6.36. The van der Waals surface area contributed by atoms with Gasteiger partial charge in [0.15, 0.2) is 0 Å². The highest BCUT2D eigenvalue weighted by Gasteiger charge is 2.11. The van der Waals surface area contributed by atoms with E-state index in [4.69, 9.17) is 0 Å². The Hall–Kier alpha value is -1.29. The van der Waals surface area contributed by atoms with E-state index in [0.717, 1.165) is 5.69 Å². The van der Waals surface area contributed by atoms with Gasteiger partial charge in [0.1, 0.15) is 6.34 Å². The molecule has 1 aliphatic heterocycles. The van der Waals surface area contributed by atoms with Crippen LogP contribution in [0.3, 0.4) is 0 Å². The number of thioether (sulfide) groups is 1. The summed E-state index contributed by atoms with van der Waals surface area (Å²) in [7, 11) is 0. The van der Waals surface area contributed by atoms with Crippen LogP contribution in [0.2, 0.25) is 0 Å². The molecule has 66 valence electrons. The number of aliphatic imine (C=N–C) groups is 1. The van der Waals surface area contributed by atoms with Gasteiger partial charge in [-0.05, 0) is 23.9 Å². The monoisotopic (exact) mass is 192 g/mol. The van der Waals surface area contributed by atoms with Crippen molar-refractivity contribution in [3.05, 3.63) is 30.3 Å². The van der Waals surface area contributed by atoms with Crippen LogP contribution in [0.5, 0.6) is 0 Å². The third-order valence-corrected chi connectivity index (χ3v) is 2.48. The fraction of sp³-hybridized carbons (Fsp3) is 0.111. The summed E-state index contributed by atoms with van der Waals surface area (Å²) in [5.74, 6) is 0.645. The Bertz CT molecular complexity index is 337. The van der Waals surface area contributed by atoms with Crippen molar-refractivity contribution < 1.29 is 4.79 Å². The minimum absolute atomic E-state index is 0.118. The molecule has 0 saturated carbocycles. The number of hydrogen-bond donors (Lipinski definition) is 0. The molecule has 1 heterocycles. The molecule has 0 saturated heterocycles. The highest BCUT2D eigenvalue weighted by Crippen LogP contribution is 2.19. The highest BCUT2D eigenvalue weighted by molar-refractivity contribution is 8.13. The van der Waals surface area contributed by atoms with Gasteiger partial charge < -0.3 is 4.90 Å². The fourth-order valence-corrected chi connectivity index (χ4v) is 1.66. The SMILES string of the molecule is O=C1N=CN(c2ccccc2)CS1. The largest absolute Gasteiger partial charge is 0.322 e. The Morgan fingerprint density at radius 2 is 2.08 bits per heavy atom. The van der Waals surface area contributed by atoms with Crippen LogP contribution < -0.4 is 4.90 Å². The quantitative estimate of drug-likeness (QED) is 0.684. The Morgan fingerprint density at radius 1 is 1.31 bits per heavy atom. The number of rotatable bonds is 1. The first-order valence-corrected chi connectivity index (χ1v) is 4.87. The van der Waals surface area contributed by atoms with Gasteiger partial charge >= 0.3 is 5.24 Å². The maximum absolute atomic E-state index is 10.8. The van der Waals surface area contributed by atoms with E-state index < -0.39 is 0 Å². The molecule has 0 aliphatic carbocycles. The first kappa shape index (κ1) is 8.31. The Morgan fingerprint density at radius 3 is 2.69 bits per heavy atom. The molecule has 1 aromatic rings. The van der Waals surface area contributed by atoms with Crippen LogP contribution in [-0.2, 0) is 0 Å². The fourth-order valence-electron chi connectivity index (χ4n) is 1.07. The molecule has 0 unspecified atom stereocenters. The third-order valence-electron chi connectivity index (χ3n) is 1.72. The Balaban J connectivity index is 2.20. The Kier molecular flexibility index (Phi) is 2.31. The van der Waals surface area contributed by atoms with E-state index in [1.807, 2.05) is 35.2 Å². The number of hydrogen-bond acceptors (Lipinski definition) is 3. The van der Waals surface area contributed by atoms with Gasteiger partial charge in [0.25, 0.3) is 0 Å². The zero-order valence-corrected chi connectivity index (χ0v) is 7.70. The smallest absolute Gasteiger partial charge is 0.308 e. The average molecular weight is 192 g/mol. The number of para-hydroxylation sites is 1. The van der Waals surface area contributed by atoms with E-state index in [2.05, 4.69) is 4.99 Å². The number of benzene rings is 1. The number of anilines is 1. The van der Waals surface area contributed by atoms with Crippen molar-refractivity contribution >= 4 is 29.0 Å². The number of amides is 1. The molecule has 3 nitrogen and oxygen atoms in total. The molecule has 0 N–H and O–H groups in total. The lowest BCUT2D eigenvalue weighted by Crippen LogP contribution is -2.24. The van der Waals surface area contributed by atoms with Crippen molar-refractivity contribution in [1.82, 2.24) is 0 Å². The van der Waals surface area contributed by atoms with Crippen LogP contribution >= 0.6 is 11.8 Å². The van der Waals surface area contributed by atoms with Gasteiger partial charge in [-0.25, -0.2) is 0 Å². The van der Waals surface area contributed by atoms with E-state index in [1.54, 1.807) is 6.34 Å². The minimum atomic E-state index is -0.118. The van der Waals surface area contributed by atoms with Crippen LogP contribution in [-0.4, -0.2) is 17.5 Å². The normalized spacial score (nSPS) is 16.3. The van der Waals surface area contributed by atoms with E-state index in [0.29, 0.717) is 5.88 Å². The van der Waals surface area contributed by atoms with E-state index >= 15 is 0 Å². The summed E-state index contributed by atoms with van der Waals surface area (Å²) in [6.07, 6.45) is 1.58. The number of carbonyl (C=O) groups is 1. The Labute approximate surface area is 80.5 Å². The predicted molar refractivity (Wildman–Crippen MR) is 55.3 cm³/mol. The molecule has 2 rings (SSSR count). The summed E-state index contributed by atoms with van der Waals surface area (Å²) in [6, 6.07) is 9.86. The van der Waals surface area contributed by atoms with Crippen molar-refractivity contribution in [3.8, 4) is 0 Å². The van der Waals surface area contributed by atoms with Crippen molar-refractivity contribution in [1.29, 1.82) is 0 Å². The van der Waals surface area contributed by atoms with Crippen LogP contribution in [0, 0.1) is 0 Å². The van der Waals surface area contributed by atoms with E-state index in [9.17, 15) is 4.79 Å². The van der Waals surface area contributed by atoms with Gasteiger partial charge in [-0.1, -0.05) is 18.2 Å². The van der Waals surface area contributed by atoms with Crippen LogP contribution in [0.25, 0.3) is 0 Å². The molecule has 0 aromatic heterocycles. The molecule has 0 radical (unpaired) electrons. The molecule has 1 aliphatic rings. The van der Waals surface area contributed by atoms with Gasteiger partial charge in [0, 0.05) is 5.69 Å². The number of carbonyl (C=O) groups excluding carboxylic acids is 1. The third kappa shape index (κ3) is 1.89. The summed E-state index contributed by atoms with van der Waals surface area (Å²) in [5.41, 5.74) is 1.06. The molecule has 4 heteroatoms. The molecule has 0 atom stereocenters. The zero-order valence-electron chi connectivity index (χ0n) is 6.88. The topological polar surface area (TPSA) is 32.7 Å². The summed E-state index contributed by atoms with van der Waals surface area (Å²) in [5, 5.41) is -0.118. The van der Waals surface area contributed by atoms with Crippen molar-refractivity contribution in [3.63, 3.8) is 0 Å². The van der Waals surface area contributed by atoms with Gasteiger partial charge in [-0.3, -0.25) is 4.79 Å². The minimum Gasteiger partial charge on any atom is -0.322 e. The lowest BCUT2D eigenvalue weighted by atomic mass is 10.3. The predicted octanol–water partition coefficient (Wildman–Crippen LogP) is 2.35. The molecule has 1 amide bonds. The molecule has 0 bridgehead atoms. The lowest BCUT2D eigenvalue weighted by Gasteiger charge is -2.20. The summed E-state index contributed by atoms with van der Waals surface area (Å²) in [6.45, 7) is 0.